The minimum absolute atomic E-state index is 0.00531. The second-order valence-corrected chi connectivity index (χ2v) is 11.8. The van der Waals surface area contributed by atoms with Crippen LogP contribution in [0.4, 0.5) is 4.79 Å². The number of fused-ring (bicyclic) bond motifs is 1. The van der Waals surface area contributed by atoms with Crippen LogP contribution >= 0.6 is 0 Å². The molecule has 212 valence electrons. The number of guanidine groups is 1. The van der Waals surface area contributed by atoms with Crippen LogP contribution in [0.15, 0.2) is 35.2 Å². The maximum atomic E-state index is 13.2. The van der Waals surface area contributed by atoms with Gasteiger partial charge in [0.25, 0.3) is 10.0 Å². The number of amides is 1. The second-order valence-electron chi connectivity index (χ2n) is 10.2. The molecule has 1 amide bonds. The number of alkyl carbamates (subject to hydrolysis) is 1. The van der Waals surface area contributed by atoms with E-state index in [4.69, 9.17) is 14.9 Å². The summed E-state index contributed by atoms with van der Waals surface area (Å²) in [5.74, 6) is -0.953. The molecule has 0 aliphatic carbocycles. The summed E-state index contributed by atoms with van der Waals surface area (Å²) in [6.45, 7) is 9.29. The fourth-order valence-corrected chi connectivity index (χ4v) is 6.08. The number of hydrogen-bond acceptors (Lipinski definition) is 7. The molecular weight excluding hydrogens is 524 g/mol. The zero-order chi connectivity index (χ0) is 29.0. The van der Waals surface area contributed by atoms with Crippen molar-refractivity contribution >= 4 is 28.0 Å². The van der Waals surface area contributed by atoms with E-state index in [-0.39, 0.29) is 30.9 Å². The molecule has 0 bridgehead atoms. The zero-order valence-corrected chi connectivity index (χ0v) is 23.6. The molecule has 0 saturated heterocycles. The van der Waals surface area contributed by atoms with Gasteiger partial charge in [0.2, 0.25) is 5.96 Å². The Hall–Kier alpha value is -3.80. The number of ether oxygens (including phenoxy) is 2. The fraction of sp³-hybridized carbons (Fsp3) is 0.444. The maximum absolute atomic E-state index is 13.2. The van der Waals surface area contributed by atoms with Crippen molar-refractivity contribution < 1.29 is 32.6 Å². The van der Waals surface area contributed by atoms with Crippen LogP contribution < -0.4 is 20.1 Å². The molecule has 0 fully saturated rings. The van der Waals surface area contributed by atoms with Crippen LogP contribution in [0, 0.1) is 26.2 Å². The molecule has 11 nitrogen and oxygen atoms in total. The SMILES string of the molecule is Cc1c(C)c(S(=O)(=O)NC(=N)NCCC[C@@H](NC(=O)OCc2ccccc2)C(=O)O)c(C)c2c1OC(C)(C)C2. The van der Waals surface area contributed by atoms with Crippen molar-refractivity contribution in [3.8, 4) is 5.75 Å². The summed E-state index contributed by atoms with van der Waals surface area (Å²) < 4.78 is 39.9. The van der Waals surface area contributed by atoms with Crippen molar-refractivity contribution in [2.75, 3.05) is 6.54 Å². The second kappa shape index (κ2) is 11.9. The summed E-state index contributed by atoms with van der Waals surface area (Å²) in [6, 6.07) is 7.78. The summed E-state index contributed by atoms with van der Waals surface area (Å²) >= 11 is 0. The van der Waals surface area contributed by atoms with Crippen molar-refractivity contribution in [2.24, 2.45) is 0 Å². The molecule has 0 aromatic heterocycles. The van der Waals surface area contributed by atoms with Gasteiger partial charge in [-0.3, -0.25) is 5.41 Å². The number of carboxylic acid groups (broad SMARTS) is 1. The number of rotatable bonds is 10. The first kappa shape index (κ1) is 29.8. The van der Waals surface area contributed by atoms with Gasteiger partial charge in [-0.1, -0.05) is 30.3 Å². The van der Waals surface area contributed by atoms with Crippen molar-refractivity contribution in [3.63, 3.8) is 0 Å². The molecule has 0 spiro atoms. The van der Waals surface area contributed by atoms with Crippen LogP contribution in [-0.2, 0) is 32.6 Å². The van der Waals surface area contributed by atoms with E-state index < -0.39 is 39.7 Å². The van der Waals surface area contributed by atoms with Crippen LogP contribution in [0.2, 0.25) is 0 Å². The van der Waals surface area contributed by atoms with Gasteiger partial charge in [0.1, 0.15) is 24.0 Å². The van der Waals surface area contributed by atoms with Crippen molar-refractivity contribution in [3.05, 3.63) is 58.1 Å². The van der Waals surface area contributed by atoms with Gasteiger partial charge in [-0.05, 0) is 69.7 Å². The first-order chi connectivity index (χ1) is 18.2. The summed E-state index contributed by atoms with van der Waals surface area (Å²) in [7, 11) is -4.07. The van der Waals surface area contributed by atoms with Gasteiger partial charge >= 0.3 is 12.1 Å². The smallest absolute Gasteiger partial charge is 0.408 e. The first-order valence-electron chi connectivity index (χ1n) is 12.6. The molecule has 1 heterocycles. The average Bonchev–Trinajstić information content (AvgIpc) is 3.19. The molecule has 2 aromatic carbocycles. The van der Waals surface area contributed by atoms with Gasteiger partial charge in [0.05, 0.1) is 4.90 Å². The molecule has 3 rings (SSSR count). The Bertz CT molecular complexity index is 1360. The van der Waals surface area contributed by atoms with Crippen LogP contribution in [0.1, 0.15) is 54.5 Å². The zero-order valence-electron chi connectivity index (χ0n) is 22.8. The minimum Gasteiger partial charge on any atom is -0.487 e. The number of sulfonamides is 1. The van der Waals surface area contributed by atoms with Gasteiger partial charge in [-0.2, -0.15) is 0 Å². The standard InChI is InChI=1S/C27H36N4O7S/c1-16-17(2)23(18(3)20-14-27(4,5)38-22(16)20)39(35,36)31-25(28)29-13-9-12-21(24(32)33)30-26(34)37-15-19-10-7-6-8-11-19/h6-8,10-11,21H,9,12-15H2,1-5H3,(H,30,34)(H,32,33)(H3,28,29,31)/t21-/m1/s1. The monoisotopic (exact) mass is 560 g/mol. The number of benzene rings is 2. The van der Waals surface area contributed by atoms with Crippen LogP contribution in [-0.4, -0.2) is 49.7 Å². The summed E-state index contributed by atoms with van der Waals surface area (Å²) in [5, 5.41) is 22.5. The third-order valence-electron chi connectivity index (χ3n) is 6.57. The number of carbonyl (C=O) groups is 2. The molecule has 5 N–H and O–H groups in total. The number of carboxylic acids is 1. The fourth-order valence-electron chi connectivity index (χ4n) is 4.55. The molecule has 0 saturated carbocycles. The van der Waals surface area contributed by atoms with Crippen LogP contribution in [0.25, 0.3) is 0 Å². The van der Waals surface area contributed by atoms with Crippen molar-refractivity contribution in [2.45, 2.75) is 77.0 Å². The largest absolute Gasteiger partial charge is 0.487 e. The normalized spacial score (nSPS) is 14.5. The third kappa shape index (κ3) is 7.41. The molecular formula is C27H36N4O7S. The molecule has 12 heteroatoms. The lowest BCUT2D eigenvalue weighted by atomic mass is 9.94. The Morgan fingerprint density at radius 2 is 1.79 bits per heavy atom. The number of aliphatic carboxylic acids is 1. The quantitative estimate of drug-likeness (QED) is 0.168. The highest BCUT2D eigenvalue weighted by molar-refractivity contribution is 7.90. The Morgan fingerprint density at radius 3 is 2.44 bits per heavy atom. The Labute approximate surface area is 228 Å². The summed E-state index contributed by atoms with van der Waals surface area (Å²) in [5.41, 5.74) is 3.07. The summed E-state index contributed by atoms with van der Waals surface area (Å²) in [4.78, 5) is 23.7. The maximum Gasteiger partial charge on any atom is 0.408 e. The average molecular weight is 561 g/mol. The predicted octanol–water partition coefficient (Wildman–Crippen LogP) is 3.29. The molecule has 0 radical (unpaired) electrons. The Balaban J connectivity index is 1.53. The Kier molecular flexibility index (Phi) is 9.10. The van der Waals surface area contributed by atoms with Crippen molar-refractivity contribution in [1.29, 1.82) is 5.41 Å². The van der Waals surface area contributed by atoms with E-state index in [9.17, 15) is 23.1 Å². The van der Waals surface area contributed by atoms with E-state index in [0.29, 0.717) is 23.3 Å². The third-order valence-corrected chi connectivity index (χ3v) is 8.19. The lowest BCUT2D eigenvalue weighted by Crippen LogP contribution is -2.43. The van der Waals surface area contributed by atoms with E-state index in [1.54, 1.807) is 38.1 Å². The highest BCUT2D eigenvalue weighted by Gasteiger charge is 2.36. The van der Waals surface area contributed by atoms with E-state index in [1.165, 1.54) is 0 Å². The van der Waals surface area contributed by atoms with Gasteiger partial charge in [-0.25, -0.2) is 22.7 Å². The van der Waals surface area contributed by atoms with E-state index in [1.807, 2.05) is 26.8 Å². The van der Waals surface area contributed by atoms with E-state index >= 15 is 0 Å². The van der Waals surface area contributed by atoms with Gasteiger partial charge in [0.15, 0.2) is 0 Å². The highest BCUT2D eigenvalue weighted by atomic mass is 32.2. The molecule has 0 unspecified atom stereocenters. The molecule has 2 aromatic rings. The van der Waals surface area contributed by atoms with Crippen molar-refractivity contribution in [1.82, 2.24) is 15.4 Å². The van der Waals surface area contributed by atoms with Gasteiger partial charge in [-0.15, -0.1) is 0 Å². The Morgan fingerprint density at radius 1 is 1.13 bits per heavy atom. The highest BCUT2D eigenvalue weighted by Crippen LogP contribution is 2.43. The van der Waals surface area contributed by atoms with Gasteiger partial charge in [0, 0.05) is 18.5 Å². The predicted molar refractivity (Wildman–Crippen MR) is 146 cm³/mol. The molecule has 1 atom stereocenters. The lowest BCUT2D eigenvalue weighted by molar-refractivity contribution is -0.139. The molecule has 1 aliphatic heterocycles. The molecule has 39 heavy (non-hydrogen) atoms. The van der Waals surface area contributed by atoms with E-state index in [0.717, 1.165) is 16.7 Å². The number of hydrogen-bond donors (Lipinski definition) is 5. The first-order valence-corrected chi connectivity index (χ1v) is 14.1. The topological polar surface area (TPSA) is 167 Å². The minimum atomic E-state index is -4.07. The molecule has 1 aliphatic rings. The van der Waals surface area contributed by atoms with Crippen LogP contribution in [0.3, 0.4) is 0 Å². The van der Waals surface area contributed by atoms with E-state index in [2.05, 4.69) is 15.4 Å². The number of carbonyl (C=O) groups excluding carboxylic acids is 1. The lowest BCUT2D eigenvalue weighted by Gasteiger charge is -2.20. The number of nitrogens with one attached hydrogen (secondary N) is 4. The summed E-state index contributed by atoms with van der Waals surface area (Å²) in [6.07, 6.45) is -0.000999. The van der Waals surface area contributed by atoms with Crippen LogP contribution in [0.5, 0.6) is 5.75 Å². The van der Waals surface area contributed by atoms with Gasteiger partial charge < -0.3 is 25.2 Å².